The Morgan fingerprint density at radius 1 is 1.40 bits per heavy atom. The van der Waals surface area contributed by atoms with E-state index in [4.69, 9.17) is 4.74 Å². The van der Waals surface area contributed by atoms with E-state index in [0.717, 1.165) is 12.8 Å². The van der Waals surface area contributed by atoms with Gasteiger partial charge in [0.25, 0.3) is 0 Å². The molecular weight excluding hydrogens is 197 g/mol. The van der Waals surface area contributed by atoms with Crippen molar-refractivity contribution in [3.8, 4) is 0 Å². The first-order valence-corrected chi connectivity index (χ1v) is 5.45. The Morgan fingerprint density at radius 2 is 2.00 bits per heavy atom. The SMILES string of the molecule is CC(C)(C)OC(=O)NCC1CCC1CF. The van der Waals surface area contributed by atoms with Crippen LogP contribution in [0.2, 0.25) is 0 Å². The first kappa shape index (κ1) is 12.3. The highest BCUT2D eigenvalue weighted by atomic mass is 19.1. The smallest absolute Gasteiger partial charge is 0.407 e. The minimum Gasteiger partial charge on any atom is -0.444 e. The molecule has 15 heavy (non-hydrogen) atoms. The van der Waals surface area contributed by atoms with Crippen molar-refractivity contribution in [2.75, 3.05) is 13.2 Å². The van der Waals surface area contributed by atoms with Gasteiger partial charge < -0.3 is 10.1 Å². The highest BCUT2D eigenvalue weighted by molar-refractivity contribution is 5.67. The lowest BCUT2D eigenvalue weighted by atomic mass is 9.74. The first-order chi connectivity index (χ1) is 6.92. The Hall–Kier alpha value is -0.800. The molecule has 0 aromatic carbocycles. The van der Waals surface area contributed by atoms with E-state index >= 15 is 0 Å². The third-order valence-corrected chi connectivity index (χ3v) is 2.68. The fourth-order valence-electron chi connectivity index (χ4n) is 1.64. The molecule has 0 aromatic heterocycles. The van der Waals surface area contributed by atoms with Crippen LogP contribution < -0.4 is 5.32 Å². The number of halogens is 1. The fraction of sp³-hybridized carbons (Fsp3) is 0.909. The molecular formula is C11H20FNO2. The van der Waals surface area contributed by atoms with Crippen molar-refractivity contribution in [3.05, 3.63) is 0 Å². The summed E-state index contributed by atoms with van der Waals surface area (Å²) in [6.07, 6.45) is 1.54. The van der Waals surface area contributed by atoms with Crippen molar-refractivity contribution in [1.82, 2.24) is 5.32 Å². The number of carbonyl (C=O) groups is 1. The van der Waals surface area contributed by atoms with E-state index in [1.165, 1.54) is 0 Å². The predicted molar refractivity (Wildman–Crippen MR) is 56.4 cm³/mol. The van der Waals surface area contributed by atoms with Gasteiger partial charge in [0.2, 0.25) is 0 Å². The molecule has 0 spiro atoms. The molecule has 0 saturated heterocycles. The molecule has 1 saturated carbocycles. The first-order valence-electron chi connectivity index (χ1n) is 5.45. The average molecular weight is 217 g/mol. The maximum Gasteiger partial charge on any atom is 0.407 e. The van der Waals surface area contributed by atoms with Crippen LogP contribution in [0.25, 0.3) is 0 Å². The van der Waals surface area contributed by atoms with Gasteiger partial charge >= 0.3 is 6.09 Å². The molecule has 2 unspecified atom stereocenters. The average Bonchev–Trinajstić information content (AvgIpc) is 1.99. The maximum atomic E-state index is 12.3. The Labute approximate surface area is 90.4 Å². The molecule has 1 aliphatic rings. The summed E-state index contributed by atoms with van der Waals surface area (Å²) in [6.45, 7) is 5.71. The highest BCUT2D eigenvalue weighted by Crippen LogP contribution is 2.33. The Bertz CT molecular complexity index is 223. The molecule has 88 valence electrons. The standard InChI is InChI=1S/C11H20FNO2/c1-11(2,3)15-10(14)13-7-9-5-4-8(9)6-12/h8-9H,4-7H2,1-3H3,(H,13,14). The van der Waals surface area contributed by atoms with Gasteiger partial charge in [0.15, 0.2) is 0 Å². The van der Waals surface area contributed by atoms with E-state index in [9.17, 15) is 9.18 Å². The second-order valence-corrected chi connectivity index (χ2v) is 5.13. The van der Waals surface area contributed by atoms with Gasteiger partial charge in [0.05, 0.1) is 6.67 Å². The van der Waals surface area contributed by atoms with E-state index in [1.54, 1.807) is 0 Å². The summed E-state index contributed by atoms with van der Waals surface area (Å²) < 4.78 is 17.4. The molecule has 0 bridgehead atoms. The van der Waals surface area contributed by atoms with E-state index < -0.39 is 11.7 Å². The van der Waals surface area contributed by atoms with Gasteiger partial charge in [-0.1, -0.05) is 0 Å². The van der Waals surface area contributed by atoms with Crippen LogP contribution >= 0.6 is 0 Å². The molecule has 3 nitrogen and oxygen atoms in total. The van der Waals surface area contributed by atoms with Crippen LogP contribution in [0.1, 0.15) is 33.6 Å². The second-order valence-electron chi connectivity index (χ2n) is 5.13. The van der Waals surface area contributed by atoms with Crippen LogP contribution in [0, 0.1) is 11.8 Å². The second kappa shape index (κ2) is 4.81. The van der Waals surface area contributed by atoms with Crippen LogP contribution in [0.3, 0.4) is 0 Å². The maximum absolute atomic E-state index is 12.3. The van der Waals surface area contributed by atoms with Crippen LogP contribution in [-0.4, -0.2) is 24.9 Å². The number of carbonyl (C=O) groups excluding carboxylic acids is 1. The summed E-state index contributed by atoms with van der Waals surface area (Å²) in [5.41, 5.74) is -0.469. The van der Waals surface area contributed by atoms with E-state index in [2.05, 4.69) is 5.32 Å². The van der Waals surface area contributed by atoms with Gasteiger partial charge in [-0.25, -0.2) is 4.79 Å². The lowest BCUT2D eigenvalue weighted by molar-refractivity contribution is 0.0480. The van der Waals surface area contributed by atoms with Crippen molar-refractivity contribution in [2.45, 2.75) is 39.2 Å². The molecule has 0 heterocycles. The summed E-state index contributed by atoms with van der Waals surface area (Å²) in [4.78, 5) is 11.3. The number of nitrogens with one attached hydrogen (secondary N) is 1. The van der Waals surface area contributed by atoms with Crippen molar-refractivity contribution < 1.29 is 13.9 Å². The molecule has 2 atom stereocenters. The molecule has 1 rings (SSSR count). The van der Waals surface area contributed by atoms with Gasteiger partial charge in [0, 0.05) is 6.54 Å². The topological polar surface area (TPSA) is 38.3 Å². The van der Waals surface area contributed by atoms with Gasteiger partial charge in [-0.2, -0.15) is 0 Å². The van der Waals surface area contributed by atoms with Gasteiger partial charge in [-0.3, -0.25) is 4.39 Å². The summed E-state index contributed by atoms with van der Waals surface area (Å²) >= 11 is 0. The Morgan fingerprint density at radius 3 is 2.40 bits per heavy atom. The van der Waals surface area contributed by atoms with Gasteiger partial charge in [0.1, 0.15) is 5.60 Å². The predicted octanol–water partition coefficient (Wildman–Crippen LogP) is 2.51. The van der Waals surface area contributed by atoms with Crippen molar-refractivity contribution in [2.24, 2.45) is 11.8 Å². The number of hydrogen-bond acceptors (Lipinski definition) is 2. The molecule has 1 fully saturated rings. The number of ether oxygens (including phenoxy) is 1. The zero-order chi connectivity index (χ0) is 11.5. The van der Waals surface area contributed by atoms with Crippen LogP contribution in [0.5, 0.6) is 0 Å². The lowest BCUT2D eigenvalue weighted by Gasteiger charge is -2.34. The Kier molecular flexibility index (Phi) is 3.94. The largest absolute Gasteiger partial charge is 0.444 e. The minimum atomic E-state index is -0.469. The van der Waals surface area contributed by atoms with Crippen LogP contribution in [0.4, 0.5) is 9.18 Å². The molecule has 4 heteroatoms. The third kappa shape index (κ3) is 4.06. The molecule has 0 aliphatic heterocycles. The quantitative estimate of drug-likeness (QED) is 0.788. The minimum absolute atomic E-state index is 0.139. The number of hydrogen-bond donors (Lipinski definition) is 1. The zero-order valence-electron chi connectivity index (χ0n) is 9.68. The normalized spacial score (nSPS) is 25.6. The summed E-state index contributed by atoms with van der Waals surface area (Å²) in [5.74, 6) is 0.433. The monoisotopic (exact) mass is 217 g/mol. The molecule has 1 aliphatic carbocycles. The van der Waals surface area contributed by atoms with E-state index in [0.29, 0.717) is 12.5 Å². The number of amides is 1. The molecule has 0 radical (unpaired) electrons. The molecule has 0 aromatic rings. The summed E-state index contributed by atoms with van der Waals surface area (Å²) in [6, 6.07) is 0. The number of alkyl carbamates (subject to hydrolysis) is 1. The molecule has 1 amide bonds. The van der Waals surface area contributed by atoms with Crippen molar-refractivity contribution >= 4 is 6.09 Å². The lowest BCUT2D eigenvalue weighted by Crippen LogP contribution is -2.40. The third-order valence-electron chi connectivity index (χ3n) is 2.68. The van der Waals surface area contributed by atoms with Crippen molar-refractivity contribution in [3.63, 3.8) is 0 Å². The summed E-state index contributed by atoms with van der Waals surface area (Å²) in [5, 5.41) is 2.68. The van der Waals surface area contributed by atoms with Crippen LogP contribution in [-0.2, 0) is 4.74 Å². The number of rotatable bonds is 3. The van der Waals surface area contributed by atoms with E-state index in [1.807, 2.05) is 20.8 Å². The number of alkyl halides is 1. The van der Waals surface area contributed by atoms with Gasteiger partial charge in [-0.05, 0) is 45.4 Å². The highest BCUT2D eigenvalue weighted by Gasteiger charge is 2.31. The Balaban J connectivity index is 2.17. The van der Waals surface area contributed by atoms with E-state index in [-0.39, 0.29) is 12.6 Å². The summed E-state index contributed by atoms with van der Waals surface area (Å²) in [7, 11) is 0. The zero-order valence-corrected chi connectivity index (χ0v) is 9.68. The van der Waals surface area contributed by atoms with Crippen molar-refractivity contribution in [1.29, 1.82) is 0 Å². The fourth-order valence-corrected chi connectivity index (χ4v) is 1.64. The van der Waals surface area contributed by atoms with Gasteiger partial charge in [-0.15, -0.1) is 0 Å². The molecule has 1 N–H and O–H groups in total. The van der Waals surface area contributed by atoms with Crippen LogP contribution in [0.15, 0.2) is 0 Å².